The van der Waals surface area contributed by atoms with Crippen LogP contribution in [0.15, 0.2) is 42.4 Å². The van der Waals surface area contributed by atoms with Gasteiger partial charge in [0.15, 0.2) is 0 Å². The SMILES string of the molecule is CN/C(=C\C(=N)CC(C)C)NC(=O)c1cc2ncccc2cc1Cl. The molecule has 0 saturated carbocycles. The molecule has 0 atom stereocenters. The number of carbonyl (C=O) groups is 1. The maximum Gasteiger partial charge on any atom is 0.258 e. The average molecular weight is 345 g/mol. The Morgan fingerprint density at radius 2 is 2.17 bits per heavy atom. The van der Waals surface area contributed by atoms with E-state index in [4.69, 9.17) is 17.0 Å². The minimum absolute atomic E-state index is 0.342. The number of hydrogen-bond acceptors (Lipinski definition) is 4. The van der Waals surface area contributed by atoms with Crippen LogP contribution >= 0.6 is 11.6 Å². The van der Waals surface area contributed by atoms with E-state index in [1.165, 1.54) is 0 Å². The van der Waals surface area contributed by atoms with Crippen molar-refractivity contribution in [1.82, 2.24) is 15.6 Å². The predicted octanol–water partition coefficient (Wildman–Crippen LogP) is 3.74. The highest BCUT2D eigenvalue weighted by Gasteiger charge is 2.13. The Morgan fingerprint density at radius 3 is 2.83 bits per heavy atom. The van der Waals surface area contributed by atoms with Crippen molar-refractivity contribution in [2.24, 2.45) is 5.92 Å². The van der Waals surface area contributed by atoms with Gasteiger partial charge < -0.3 is 16.0 Å². The van der Waals surface area contributed by atoms with E-state index in [9.17, 15) is 4.79 Å². The Kier molecular flexibility index (Phi) is 5.93. The summed E-state index contributed by atoms with van der Waals surface area (Å²) >= 11 is 6.23. The van der Waals surface area contributed by atoms with Gasteiger partial charge in [-0.1, -0.05) is 31.5 Å². The van der Waals surface area contributed by atoms with E-state index in [-0.39, 0.29) is 5.91 Å². The Balaban J connectivity index is 2.23. The summed E-state index contributed by atoms with van der Waals surface area (Å²) in [5, 5.41) is 14.8. The van der Waals surface area contributed by atoms with Gasteiger partial charge in [0.25, 0.3) is 5.91 Å². The second-order valence-corrected chi connectivity index (χ2v) is 6.32. The van der Waals surface area contributed by atoms with Crippen LogP contribution in [0, 0.1) is 11.3 Å². The molecular weight excluding hydrogens is 324 g/mol. The van der Waals surface area contributed by atoms with E-state index in [1.54, 1.807) is 31.5 Å². The topological polar surface area (TPSA) is 77.9 Å². The fourth-order valence-electron chi connectivity index (χ4n) is 2.30. The molecule has 0 fully saturated rings. The standard InChI is InChI=1S/C18H21ClN4O/c1-11(2)7-13(20)9-17(21-3)23-18(24)14-10-16-12(8-15(14)19)5-4-6-22-16/h4-6,8-11,20-21H,7H2,1-3H3,(H,23,24)/b17-9+,20-13?. The lowest BCUT2D eigenvalue weighted by molar-refractivity contribution is 0.0964. The predicted molar refractivity (Wildman–Crippen MR) is 98.5 cm³/mol. The van der Waals surface area contributed by atoms with Crippen LogP contribution in [-0.4, -0.2) is 23.7 Å². The highest BCUT2D eigenvalue weighted by molar-refractivity contribution is 6.34. The Bertz CT molecular complexity index is 799. The van der Waals surface area contributed by atoms with Crippen LogP contribution in [0.1, 0.15) is 30.6 Å². The smallest absolute Gasteiger partial charge is 0.258 e. The summed E-state index contributed by atoms with van der Waals surface area (Å²) in [5.41, 5.74) is 1.50. The van der Waals surface area contributed by atoms with Gasteiger partial charge in [0.05, 0.1) is 16.1 Å². The van der Waals surface area contributed by atoms with E-state index in [0.717, 1.165) is 5.39 Å². The number of rotatable bonds is 6. The van der Waals surface area contributed by atoms with Gasteiger partial charge in [0, 0.05) is 24.3 Å². The second kappa shape index (κ2) is 7.93. The van der Waals surface area contributed by atoms with Gasteiger partial charge >= 0.3 is 0 Å². The molecule has 0 bridgehead atoms. The molecule has 0 spiro atoms. The van der Waals surface area contributed by atoms with E-state index < -0.39 is 0 Å². The minimum Gasteiger partial charge on any atom is -0.375 e. The van der Waals surface area contributed by atoms with Crippen molar-refractivity contribution in [2.75, 3.05) is 7.05 Å². The van der Waals surface area contributed by atoms with Crippen molar-refractivity contribution in [2.45, 2.75) is 20.3 Å². The number of halogens is 1. The number of aromatic nitrogens is 1. The number of nitrogens with zero attached hydrogens (tertiary/aromatic N) is 1. The quantitative estimate of drug-likeness (QED) is 0.698. The molecule has 2 rings (SSSR count). The van der Waals surface area contributed by atoms with Gasteiger partial charge in [-0.25, -0.2) is 0 Å². The number of allylic oxidation sites excluding steroid dienone is 1. The van der Waals surface area contributed by atoms with Gasteiger partial charge in [0.1, 0.15) is 5.82 Å². The zero-order valence-corrected chi connectivity index (χ0v) is 14.7. The molecule has 0 radical (unpaired) electrons. The van der Waals surface area contributed by atoms with E-state index in [0.29, 0.717) is 40.0 Å². The molecule has 126 valence electrons. The third kappa shape index (κ3) is 4.55. The van der Waals surface area contributed by atoms with Crippen LogP contribution in [0.2, 0.25) is 5.02 Å². The van der Waals surface area contributed by atoms with Crippen LogP contribution in [0.3, 0.4) is 0 Å². The van der Waals surface area contributed by atoms with Crippen molar-refractivity contribution in [3.63, 3.8) is 0 Å². The Hall–Kier alpha value is -2.40. The molecule has 5 nitrogen and oxygen atoms in total. The number of carbonyl (C=O) groups excluding carboxylic acids is 1. The summed E-state index contributed by atoms with van der Waals surface area (Å²) in [5.74, 6) is 0.497. The van der Waals surface area contributed by atoms with Crippen LogP contribution < -0.4 is 10.6 Å². The van der Waals surface area contributed by atoms with Crippen molar-refractivity contribution in [1.29, 1.82) is 5.41 Å². The van der Waals surface area contributed by atoms with Gasteiger partial charge in [-0.15, -0.1) is 0 Å². The van der Waals surface area contributed by atoms with Gasteiger partial charge in [-0.2, -0.15) is 0 Å². The molecule has 24 heavy (non-hydrogen) atoms. The van der Waals surface area contributed by atoms with Crippen molar-refractivity contribution < 1.29 is 4.79 Å². The molecule has 3 N–H and O–H groups in total. The largest absolute Gasteiger partial charge is 0.375 e. The van der Waals surface area contributed by atoms with Crippen molar-refractivity contribution in [3.8, 4) is 0 Å². The van der Waals surface area contributed by atoms with Crippen LogP contribution in [-0.2, 0) is 0 Å². The minimum atomic E-state index is -0.342. The zero-order chi connectivity index (χ0) is 17.7. The summed E-state index contributed by atoms with van der Waals surface area (Å²) in [7, 11) is 1.69. The van der Waals surface area contributed by atoms with Crippen molar-refractivity contribution in [3.05, 3.63) is 52.9 Å². The van der Waals surface area contributed by atoms with Gasteiger partial charge in [-0.3, -0.25) is 9.78 Å². The third-order valence-corrected chi connectivity index (χ3v) is 3.71. The maximum absolute atomic E-state index is 12.5. The first-order chi connectivity index (χ1) is 11.4. The van der Waals surface area contributed by atoms with E-state index in [1.807, 2.05) is 26.0 Å². The first-order valence-corrected chi connectivity index (χ1v) is 8.11. The summed E-state index contributed by atoms with van der Waals surface area (Å²) in [6.45, 7) is 4.09. The third-order valence-electron chi connectivity index (χ3n) is 3.40. The number of nitrogens with one attached hydrogen (secondary N) is 3. The number of pyridine rings is 1. The number of hydrogen-bond donors (Lipinski definition) is 3. The molecule has 1 amide bonds. The molecule has 0 aliphatic heterocycles. The average Bonchev–Trinajstić information content (AvgIpc) is 2.52. The van der Waals surface area contributed by atoms with Crippen molar-refractivity contribution >= 4 is 34.1 Å². The summed E-state index contributed by atoms with van der Waals surface area (Å²) in [6, 6.07) is 7.10. The molecule has 0 saturated heterocycles. The highest BCUT2D eigenvalue weighted by Crippen LogP contribution is 2.22. The van der Waals surface area contributed by atoms with E-state index in [2.05, 4.69) is 15.6 Å². The van der Waals surface area contributed by atoms with Crippen LogP contribution in [0.25, 0.3) is 10.9 Å². The lowest BCUT2D eigenvalue weighted by Crippen LogP contribution is -2.30. The molecule has 1 aromatic carbocycles. The lowest BCUT2D eigenvalue weighted by atomic mass is 10.1. The number of benzene rings is 1. The Morgan fingerprint density at radius 1 is 1.42 bits per heavy atom. The summed E-state index contributed by atoms with van der Waals surface area (Å²) in [6.07, 6.45) is 3.93. The molecular formula is C18H21ClN4O. The molecule has 1 heterocycles. The molecule has 6 heteroatoms. The summed E-state index contributed by atoms with van der Waals surface area (Å²) < 4.78 is 0. The van der Waals surface area contributed by atoms with Gasteiger partial charge in [0.2, 0.25) is 0 Å². The summed E-state index contributed by atoms with van der Waals surface area (Å²) in [4.78, 5) is 16.8. The normalized spacial score (nSPS) is 11.6. The van der Waals surface area contributed by atoms with Gasteiger partial charge in [-0.05, 0) is 36.6 Å². The number of fused-ring (bicyclic) bond motifs is 1. The Labute approximate surface area is 146 Å². The molecule has 1 aromatic heterocycles. The van der Waals surface area contributed by atoms with Crippen LogP contribution in [0.4, 0.5) is 0 Å². The highest BCUT2D eigenvalue weighted by atomic mass is 35.5. The molecule has 0 aliphatic rings. The fraction of sp³-hybridized carbons (Fsp3) is 0.278. The monoisotopic (exact) mass is 344 g/mol. The molecule has 2 aromatic rings. The lowest BCUT2D eigenvalue weighted by Gasteiger charge is -2.12. The second-order valence-electron chi connectivity index (χ2n) is 5.91. The fourth-order valence-corrected chi connectivity index (χ4v) is 2.56. The molecule has 0 aliphatic carbocycles. The zero-order valence-electron chi connectivity index (χ0n) is 14.0. The van der Waals surface area contributed by atoms with Crippen LogP contribution in [0.5, 0.6) is 0 Å². The number of amides is 1. The van der Waals surface area contributed by atoms with E-state index >= 15 is 0 Å². The first kappa shape index (κ1) is 17.9. The maximum atomic E-state index is 12.5. The molecule has 0 unspecified atom stereocenters. The first-order valence-electron chi connectivity index (χ1n) is 7.73.